The van der Waals surface area contributed by atoms with Crippen molar-refractivity contribution in [3.05, 3.63) is 59.8 Å². The number of benzene rings is 2. The average molecular weight is 429 g/mol. The van der Waals surface area contributed by atoms with Crippen molar-refractivity contribution in [1.29, 1.82) is 0 Å². The lowest BCUT2D eigenvalue weighted by Gasteiger charge is -2.39. The Morgan fingerprint density at radius 1 is 0.968 bits per heavy atom. The first kappa shape index (κ1) is 21.6. The fourth-order valence-corrected chi connectivity index (χ4v) is 3.88. The largest absolute Gasteiger partial charge is 0.497 e. The van der Waals surface area contributed by atoms with Gasteiger partial charge in [0.15, 0.2) is 0 Å². The number of hydrogen-bond acceptors (Lipinski definition) is 7. The molecule has 0 amide bonds. The Morgan fingerprint density at radius 3 is 2.45 bits per heavy atom. The number of nitrogens with one attached hydrogen (secondary N) is 1. The summed E-state index contributed by atoms with van der Waals surface area (Å²) in [5.74, 6) is 1.29. The number of aliphatic hydroxyl groups excluding tert-OH is 4. The lowest BCUT2D eigenvalue weighted by atomic mass is 9.99. The summed E-state index contributed by atoms with van der Waals surface area (Å²) in [6.45, 7) is -0.508. The summed E-state index contributed by atoms with van der Waals surface area (Å²) in [4.78, 5) is 3.23. The van der Waals surface area contributed by atoms with Crippen molar-refractivity contribution in [2.75, 3.05) is 13.7 Å². The van der Waals surface area contributed by atoms with E-state index in [0.29, 0.717) is 5.75 Å². The van der Waals surface area contributed by atoms with Gasteiger partial charge >= 0.3 is 0 Å². The Labute approximate surface area is 179 Å². The lowest BCUT2D eigenvalue weighted by Crippen LogP contribution is -2.60. The molecule has 0 bridgehead atoms. The monoisotopic (exact) mass is 429 g/mol. The molecule has 0 radical (unpaired) electrons. The molecular weight excluding hydrogens is 402 g/mol. The van der Waals surface area contributed by atoms with Gasteiger partial charge in [-0.1, -0.05) is 18.2 Å². The van der Waals surface area contributed by atoms with Crippen LogP contribution in [0.25, 0.3) is 10.9 Å². The number of aromatic nitrogens is 1. The van der Waals surface area contributed by atoms with E-state index < -0.39 is 37.3 Å². The first-order valence-corrected chi connectivity index (χ1v) is 10.2. The van der Waals surface area contributed by atoms with E-state index in [1.54, 1.807) is 13.2 Å². The number of fused-ring (bicyclic) bond motifs is 1. The molecule has 5 N–H and O–H groups in total. The predicted molar refractivity (Wildman–Crippen MR) is 113 cm³/mol. The third-order valence-electron chi connectivity index (χ3n) is 5.68. The van der Waals surface area contributed by atoms with Gasteiger partial charge in [0, 0.05) is 17.1 Å². The van der Waals surface area contributed by atoms with Gasteiger partial charge in [-0.15, -0.1) is 0 Å². The number of H-pyrrole nitrogens is 1. The number of aromatic amines is 1. The van der Waals surface area contributed by atoms with Gasteiger partial charge in [0.2, 0.25) is 6.29 Å². The van der Waals surface area contributed by atoms with Gasteiger partial charge < -0.3 is 39.6 Å². The smallest absolute Gasteiger partial charge is 0.229 e. The summed E-state index contributed by atoms with van der Waals surface area (Å²) in [5.41, 5.74) is 3.07. The van der Waals surface area contributed by atoms with Crippen molar-refractivity contribution in [3.8, 4) is 11.5 Å². The summed E-state index contributed by atoms with van der Waals surface area (Å²) in [5, 5.41) is 40.6. The molecule has 0 aliphatic carbocycles. The van der Waals surface area contributed by atoms with Crippen LogP contribution in [-0.4, -0.2) is 69.8 Å². The van der Waals surface area contributed by atoms with Crippen molar-refractivity contribution in [3.63, 3.8) is 0 Å². The van der Waals surface area contributed by atoms with Crippen LogP contribution in [0.5, 0.6) is 11.5 Å². The molecule has 4 rings (SSSR count). The van der Waals surface area contributed by atoms with Gasteiger partial charge in [0.1, 0.15) is 35.9 Å². The van der Waals surface area contributed by atoms with Crippen molar-refractivity contribution < 1.29 is 34.6 Å². The molecule has 1 aromatic heterocycles. The Kier molecular flexibility index (Phi) is 6.45. The molecule has 1 fully saturated rings. The van der Waals surface area contributed by atoms with E-state index in [1.165, 1.54) is 5.56 Å². The predicted octanol–water partition coefficient (Wildman–Crippen LogP) is 1.14. The summed E-state index contributed by atoms with van der Waals surface area (Å²) >= 11 is 0. The van der Waals surface area contributed by atoms with Crippen molar-refractivity contribution >= 4 is 10.9 Å². The van der Waals surface area contributed by atoms with Crippen LogP contribution in [0.15, 0.2) is 48.7 Å². The molecule has 3 aromatic rings. The van der Waals surface area contributed by atoms with Gasteiger partial charge in [-0.2, -0.15) is 0 Å². The topological polar surface area (TPSA) is 124 Å². The number of aliphatic hydroxyl groups is 4. The van der Waals surface area contributed by atoms with Crippen LogP contribution in [0.3, 0.4) is 0 Å². The molecule has 1 saturated heterocycles. The van der Waals surface area contributed by atoms with E-state index in [0.717, 1.165) is 35.1 Å². The average Bonchev–Trinajstić information content (AvgIpc) is 3.22. The standard InChI is InChI=1S/C23H27NO7/c1-29-15-9-6-13(7-10-15)5-8-14-11-24-16-3-2-4-17(19(14)16)30-23-22(28)21(27)20(26)18(12-25)31-23/h2-4,6-7,9-11,18,20-28H,5,8,12H2,1H3/t18-,20-,21+,22-,23-/m1/s1. The summed E-state index contributed by atoms with van der Waals surface area (Å²) in [7, 11) is 1.64. The van der Waals surface area contributed by atoms with Crippen LogP contribution in [0, 0.1) is 0 Å². The van der Waals surface area contributed by atoms with E-state index in [-0.39, 0.29) is 0 Å². The molecule has 8 heteroatoms. The van der Waals surface area contributed by atoms with E-state index in [9.17, 15) is 20.4 Å². The fourth-order valence-electron chi connectivity index (χ4n) is 3.88. The van der Waals surface area contributed by atoms with Crippen molar-refractivity contribution in [2.45, 2.75) is 43.5 Å². The summed E-state index contributed by atoms with van der Waals surface area (Å²) < 4.78 is 16.6. The number of methoxy groups -OCH3 is 1. The maximum Gasteiger partial charge on any atom is 0.229 e. The molecule has 166 valence electrons. The van der Waals surface area contributed by atoms with Crippen molar-refractivity contribution in [1.82, 2.24) is 4.98 Å². The number of aryl methyl sites for hydroxylation is 2. The first-order chi connectivity index (χ1) is 15.0. The minimum atomic E-state index is -1.49. The van der Waals surface area contributed by atoms with Gasteiger partial charge in [0.25, 0.3) is 0 Å². The highest BCUT2D eigenvalue weighted by Gasteiger charge is 2.44. The minimum Gasteiger partial charge on any atom is -0.497 e. The normalized spacial score (nSPS) is 26.2. The van der Waals surface area contributed by atoms with E-state index in [2.05, 4.69) is 4.98 Å². The van der Waals surface area contributed by atoms with Gasteiger partial charge in [-0.25, -0.2) is 0 Å². The summed E-state index contributed by atoms with van der Waals surface area (Å²) in [6.07, 6.45) is -3.15. The first-order valence-electron chi connectivity index (χ1n) is 10.2. The second-order valence-corrected chi connectivity index (χ2v) is 7.66. The quantitative estimate of drug-likeness (QED) is 0.381. The number of rotatable bonds is 7. The molecule has 1 aliphatic heterocycles. The van der Waals surface area contributed by atoms with Crippen LogP contribution < -0.4 is 9.47 Å². The highest BCUT2D eigenvalue weighted by atomic mass is 16.7. The fraction of sp³-hybridized carbons (Fsp3) is 0.391. The molecular formula is C23H27NO7. The Hall–Kier alpha value is -2.62. The van der Waals surface area contributed by atoms with Crippen molar-refractivity contribution in [2.24, 2.45) is 0 Å². The van der Waals surface area contributed by atoms with Crippen LogP contribution in [0.2, 0.25) is 0 Å². The van der Waals surface area contributed by atoms with Gasteiger partial charge in [-0.05, 0) is 48.2 Å². The highest BCUT2D eigenvalue weighted by Crippen LogP contribution is 2.32. The van der Waals surface area contributed by atoms with Gasteiger partial charge in [-0.3, -0.25) is 0 Å². The van der Waals surface area contributed by atoms with E-state index in [4.69, 9.17) is 14.2 Å². The molecule has 31 heavy (non-hydrogen) atoms. The molecule has 1 aliphatic rings. The molecule has 0 spiro atoms. The van der Waals surface area contributed by atoms with Gasteiger partial charge in [0.05, 0.1) is 13.7 Å². The highest BCUT2D eigenvalue weighted by molar-refractivity contribution is 5.89. The zero-order valence-electron chi connectivity index (χ0n) is 17.1. The lowest BCUT2D eigenvalue weighted by molar-refractivity contribution is -0.277. The van der Waals surface area contributed by atoms with E-state index >= 15 is 0 Å². The number of ether oxygens (including phenoxy) is 3. The minimum absolute atomic E-state index is 0.479. The zero-order valence-corrected chi connectivity index (χ0v) is 17.1. The second-order valence-electron chi connectivity index (χ2n) is 7.66. The maximum absolute atomic E-state index is 10.3. The third-order valence-corrected chi connectivity index (χ3v) is 5.68. The maximum atomic E-state index is 10.3. The molecule has 2 heterocycles. The molecule has 2 aromatic carbocycles. The molecule has 5 atom stereocenters. The third kappa shape index (κ3) is 4.39. The number of hydrogen-bond donors (Lipinski definition) is 5. The van der Waals surface area contributed by atoms with E-state index in [1.807, 2.05) is 42.6 Å². The van der Waals surface area contributed by atoms with Crippen LogP contribution in [0.1, 0.15) is 11.1 Å². The summed E-state index contributed by atoms with van der Waals surface area (Å²) in [6, 6.07) is 13.4. The zero-order chi connectivity index (χ0) is 22.0. The second kappa shape index (κ2) is 9.25. The van der Waals surface area contributed by atoms with Crippen LogP contribution >= 0.6 is 0 Å². The Bertz CT molecular complexity index is 1000. The van der Waals surface area contributed by atoms with Crippen LogP contribution in [0.4, 0.5) is 0 Å². The Balaban J connectivity index is 1.55. The molecule has 8 nitrogen and oxygen atoms in total. The Morgan fingerprint density at radius 2 is 1.74 bits per heavy atom. The van der Waals surface area contributed by atoms with Crippen LogP contribution in [-0.2, 0) is 17.6 Å². The molecule has 0 unspecified atom stereocenters. The molecule has 0 saturated carbocycles. The SMILES string of the molecule is COc1ccc(CCc2c[nH]c3cccc(O[C@@H]4O[C@H](CO)[C@@H](O)[C@H](O)[C@H]4O)c23)cc1.